The zero-order chi connectivity index (χ0) is 7.98. The molecule has 0 unspecified atom stereocenters. The molecule has 1 rings (SSSR count). The van der Waals surface area contributed by atoms with Crippen LogP contribution in [0, 0.1) is 0 Å². The van der Waals surface area contributed by atoms with Gasteiger partial charge in [-0.15, -0.1) is 0 Å². The van der Waals surface area contributed by atoms with Gasteiger partial charge in [0.1, 0.15) is 0 Å². The predicted octanol–water partition coefficient (Wildman–Crippen LogP) is 2.47. The van der Waals surface area contributed by atoms with Crippen LogP contribution in [0.3, 0.4) is 0 Å². The molecule has 0 spiro atoms. The first-order valence-corrected chi connectivity index (χ1v) is 3.88. The van der Waals surface area contributed by atoms with Crippen molar-refractivity contribution >= 4 is 0 Å². The molecule has 0 atom stereocenters. The van der Waals surface area contributed by atoms with Crippen LogP contribution < -0.4 is 5.32 Å². The van der Waals surface area contributed by atoms with E-state index >= 15 is 0 Å². The Balaban J connectivity index is 0.000000371. The molecule has 0 amide bonds. The minimum Gasteiger partial charge on any atom is -0.388 e. The topological polar surface area (TPSA) is 12.0 Å². The first-order valence-electron chi connectivity index (χ1n) is 3.88. The Morgan fingerprint density at radius 3 is 2.20 bits per heavy atom. The predicted molar refractivity (Wildman–Crippen MR) is 46.9 cm³/mol. The molecule has 0 bridgehead atoms. The zero-order valence-electron chi connectivity index (χ0n) is 7.36. The van der Waals surface area contributed by atoms with Gasteiger partial charge in [0, 0.05) is 12.7 Å². The van der Waals surface area contributed by atoms with Gasteiger partial charge in [0.15, 0.2) is 0 Å². The molecule has 0 aromatic carbocycles. The minimum atomic E-state index is 1.12. The smallest absolute Gasteiger partial charge is 0.0326 e. The lowest BCUT2D eigenvalue weighted by molar-refractivity contribution is 1.00. The van der Waals surface area contributed by atoms with Gasteiger partial charge in [-0.2, -0.15) is 0 Å². The SMILES string of the molecule is CC.CNC1=C(C)CC=C1. The van der Waals surface area contributed by atoms with Crippen LogP contribution in [-0.4, -0.2) is 7.05 Å². The fourth-order valence-electron chi connectivity index (χ4n) is 0.902. The number of allylic oxidation sites excluding steroid dienone is 3. The van der Waals surface area contributed by atoms with Gasteiger partial charge >= 0.3 is 0 Å². The highest BCUT2D eigenvalue weighted by Crippen LogP contribution is 2.14. The monoisotopic (exact) mass is 139 g/mol. The first-order chi connectivity index (χ1) is 4.84. The third-order valence-corrected chi connectivity index (χ3v) is 1.44. The van der Waals surface area contributed by atoms with E-state index in [4.69, 9.17) is 0 Å². The highest BCUT2D eigenvalue weighted by Gasteiger charge is 1.99. The highest BCUT2D eigenvalue weighted by molar-refractivity contribution is 5.30. The molecule has 1 heteroatoms. The quantitative estimate of drug-likeness (QED) is 0.588. The summed E-state index contributed by atoms with van der Waals surface area (Å²) >= 11 is 0. The summed E-state index contributed by atoms with van der Waals surface area (Å²) in [6, 6.07) is 0. The van der Waals surface area contributed by atoms with E-state index < -0.39 is 0 Å². The van der Waals surface area contributed by atoms with Crippen LogP contribution in [0.25, 0.3) is 0 Å². The molecular formula is C9H17N. The van der Waals surface area contributed by atoms with E-state index in [2.05, 4.69) is 24.4 Å². The Labute approximate surface area is 63.8 Å². The van der Waals surface area contributed by atoms with E-state index in [-0.39, 0.29) is 0 Å². The molecule has 1 aliphatic carbocycles. The number of rotatable bonds is 1. The number of likely N-dealkylation sites (N-methyl/N-ethyl adjacent to an activating group) is 1. The summed E-state index contributed by atoms with van der Waals surface area (Å²) in [6.07, 6.45) is 5.41. The average molecular weight is 139 g/mol. The van der Waals surface area contributed by atoms with Crippen molar-refractivity contribution in [3.8, 4) is 0 Å². The Bertz CT molecular complexity index is 143. The molecule has 1 nitrogen and oxygen atoms in total. The van der Waals surface area contributed by atoms with Crippen LogP contribution in [0.1, 0.15) is 27.2 Å². The summed E-state index contributed by atoms with van der Waals surface area (Å²) in [7, 11) is 1.95. The second-order valence-corrected chi connectivity index (χ2v) is 2.05. The van der Waals surface area contributed by atoms with Crippen molar-refractivity contribution in [2.45, 2.75) is 27.2 Å². The van der Waals surface area contributed by atoms with E-state index in [9.17, 15) is 0 Å². The second kappa shape index (κ2) is 5.10. The molecule has 0 saturated heterocycles. The Morgan fingerprint density at radius 2 is 2.00 bits per heavy atom. The number of nitrogens with one attached hydrogen (secondary N) is 1. The lowest BCUT2D eigenvalue weighted by atomic mass is 10.2. The molecule has 0 fully saturated rings. The molecule has 58 valence electrons. The Morgan fingerprint density at radius 1 is 1.40 bits per heavy atom. The van der Waals surface area contributed by atoms with E-state index in [1.54, 1.807) is 0 Å². The van der Waals surface area contributed by atoms with Crippen LogP contribution in [0.2, 0.25) is 0 Å². The standard InChI is InChI=1S/C7H11N.C2H6/c1-6-4-3-5-7(6)8-2;1-2/h3,5,8H,4H2,1-2H3;1-2H3. The third-order valence-electron chi connectivity index (χ3n) is 1.44. The summed E-state index contributed by atoms with van der Waals surface area (Å²) in [4.78, 5) is 0. The maximum atomic E-state index is 3.11. The van der Waals surface area contributed by atoms with Gasteiger partial charge in [-0.3, -0.25) is 0 Å². The van der Waals surface area contributed by atoms with E-state index in [1.807, 2.05) is 20.9 Å². The minimum absolute atomic E-state index is 1.12. The van der Waals surface area contributed by atoms with Crippen molar-refractivity contribution in [2.24, 2.45) is 0 Å². The zero-order valence-corrected chi connectivity index (χ0v) is 7.36. The van der Waals surface area contributed by atoms with Gasteiger partial charge in [-0.1, -0.05) is 19.9 Å². The first kappa shape index (κ1) is 9.28. The highest BCUT2D eigenvalue weighted by atomic mass is 14.8. The molecule has 0 heterocycles. The maximum Gasteiger partial charge on any atom is 0.0326 e. The van der Waals surface area contributed by atoms with Crippen LogP contribution in [-0.2, 0) is 0 Å². The van der Waals surface area contributed by atoms with Crippen molar-refractivity contribution in [1.82, 2.24) is 5.32 Å². The van der Waals surface area contributed by atoms with Crippen molar-refractivity contribution in [2.75, 3.05) is 7.05 Å². The Hall–Kier alpha value is -0.720. The van der Waals surface area contributed by atoms with Gasteiger partial charge in [0.05, 0.1) is 0 Å². The van der Waals surface area contributed by atoms with Crippen molar-refractivity contribution in [3.63, 3.8) is 0 Å². The Kier molecular flexibility index (Phi) is 4.73. The summed E-state index contributed by atoms with van der Waals surface area (Å²) in [5.74, 6) is 0. The molecule has 0 radical (unpaired) electrons. The number of hydrogen-bond acceptors (Lipinski definition) is 1. The summed E-state index contributed by atoms with van der Waals surface area (Å²) in [6.45, 7) is 6.14. The van der Waals surface area contributed by atoms with Crippen molar-refractivity contribution in [1.29, 1.82) is 0 Å². The average Bonchev–Trinajstić information content (AvgIpc) is 2.39. The molecular weight excluding hydrogens is 122 g/mol. The third kappa shape index (κ3) is 2.26. The molecule has 0 saturated carbocycles. The fraction of sp³-hybridized carbons (Fsp3) is 0.556. The molecule has 0 aromatic heterocycles. The van der Waals surface area contributed by atoms with E-state index in [0.29, 0.717) is 0 Å². The normalized spacial score (nSPS) is 14.8. The fourth-order valence-corrected chi connectivity index (χ4v) is 0.902. The van der Waals surface area contributed by atoms with Crippen molar-refractivity contribution in [3.05, 3.63) is 23.4 Å². The van der Waals surface area contributed by atoms with Crippen LogP contribution in [0.4, 0.5) is 0 Å². The molecule has 10 heavy (non-hydrogen) atoms. The molecule has 0 aromatic rings. The van der Waals surface area contributed by atoms with Gasteiger partial charge in [-0.05, 0) is 25.0 Å². The van der Waals surface area contributed by atoms with Crippen molar-refractivity contribution < 1.29 is 0 Å². The van der Waals surface area contributed by atoms with Gasteiger partial charge in [0.2, 0.25) is 0 Å². The van der Waals surface area contributed by atoms with Gasteiger partial charge in [0.25, 0.3) is 0 Å². The summed E-state index contributed by atoms with van der Waals surface area (Å²) in [5.41, 5.74) is 2.72. The van der Waals surface area contributed by atoms with E-state index in [1.165, 1.54) is 11.3 Å². The maximum absolute atomic E-state index is 3.11. The number of hydrogen-bond donors (Lipinski definition) is 1. The molecule has 0 aliphatic heterocycles. The summed E-state index contributed by atoms with van der Waals surface area (Å²) in [5, 5.41) is 3.11. The largest absolute Gasteiger partial charge is 0.388 e. The van der Waals surface area contributed by atoms with Crippen LogP contribution in [0.15, 0.2) is 23.4 Å². The molecule has 1 N–H and O–H groups in total. The summed E-state index contributed by atoms with van der Waals surface area (Å²) < 4.78 is 0. The lowest BCUT2D eigenvalue weighted by Gasteiger charge is -1.97. The molecule has 1 aliphatic rings. The van der Waals surface area contributed by atoms with Crippen LogP contribution >= 0.6 is 0 Å². The van der Waals surface area contributed by atoms with Gasteiger partial charge < -0.3 is 5.32 Å². The van der Waals surface area contributed by atoms with Crippen LogP contribution in [0.5, 0.6) is 0 Å². The van der Waals surface area contributed by atoms with Gasteiger partial charge in [-0.25, -0.2) is 0 Å². The lowest BCUT2D eigenvalue weighted by Crippen LogP contribution is -2.02. The van der Waals surface area contributed by atoms with E-state index in [0.717, 1.165) is 6.42 Å². The second-order valence-electron chi connectivity index (χ2n) is 2.05.